The second-order valence-corrected chi connectivity index (χ2v) is 8.82. The zero-order valence-electron chi connectivity index (χ0n) is 16.0. The third-order valence-electron chi connectivity index (χ3n) is 6.49. The van der Waals surface area contributed by atoms with E-state index in [1.54, 1.807) is 4.91 Å². The quantitative estimate of drug-likeness (QED) is 0.740. The average molecular weight is 367 g/mol. The summed E-state index contributed by atoms with van der Waals surface area (Å²) < 4.78 is 0. The van der Waals surface area contributed by atoms with E-state index in [0.29, 0.717) is 0 Å². The summed E-state index contributed by atoms with van der Waals surface area (Å²) in [5.74, 6) is 1.15. The fourth-order valence-corrected chi connectivity index (χ4v) is 6.35. The lowest BCUT2D eigenvalue weighted by Gasteiger charge is -2.50. The minimum absolute atomic E-state index is 0.0721. The molecule has 2 aliphatic heterocycles. The Morgan fingerprint density at radius 1 is 1.19 bits per heavy atom. The van der Waals surface area contributed by atoms with Gasteiger partial charge in [-0.25, -0.2) is 0 Å². The second kappa shape index (κ2) is 7.19. The van der Waals surface area contributed by atoms with Crippen molar-refractivity contribution in [1.82, 2.24) is 5.32 Å². The molecule has 2 nitrogen and oxygen atoms in total. The normalized spacial score (nSPS) is 30.0. The van der Waals surface area contributed by atoms with E-state index in [0.717, 1.165) is 25.3 Å². The van der Waals surface area contributed by atoms with E-state index in [1.165, 1.54) is 30.5 Å². The Bertz CT molecular complexity index is 736. The molecule has 138 valence electrons. The van der Waals surface area contributed by atoms with E-state index in [4.69, 9.17) is 0 Å². The van der Waals surface area contributed by atoms with Gasteiger partial charge in [0.2, 0.25) is 0 Å². The molecule has 26 heavy (non-hydrogen) atoms. The minimum atomic E-state index is 0.0721. The molecule has 0 radical (unpaired) electrons. The highest BCUT2D eigenvalue weighted by molar-refractivity contribution is 8.03. The molecule has 0 unspecified atom stereocenters. The molecule has 1 fully saturated rings. The second-order valence-electron chi connectivity index (χ2n) is 7.68. The van der Waals surface area contributed by atoms with Gasteiger partial charge in [-0.15, -0.1) is 11.8 Å². The van der Waals surface area contributed by atoms with Gasteiger partial charge in [0, 0.05) is 30.7 Å². The van der Waals surface area contributed by atoms with Gasteiger partial charge in [-0.3, -0.25) is 0 Å². The molecular weight excluding hydrogens is 336 g/mol. The van der Waals surface area contributed by atoms with E-state index >= 15 is 0 Å². The lowest BCUT2D eigenvalue weighted by Crippen LogP contribution is -2.58. The van der Waals surface area contributed by atoms with Crippen molar-refractivity contribution in [2.45, 2.75) is 45.1 Å². The Morgan fingerprint density at radius 3 is 2.81 bits per heavy atom. The summed E-state index contributed by atoms with van der Waals surface area (Å²) in [7, 11) is 0. The number of thioether (sulfide) groups is 1. The predicted molar refractivity (Wildman–Crippen MR) is 115 cm³/mol. The van der Waals surface area contributed by atoms with Crippen LogP contribution in [0.2, 0.25) is 0 Å². The average Bonchev–Trinajstić information content (AvgIpc) is 2.86. The number of anilines is 1. The highest BCUT2D eigenvalue weighted by Crippen LogP contribution is 2.58. The van der Waals surface area contributed by atoms with Crippen LogP contribution in [0.15, 0.2) is 65.2 Å². The summed E-state index contributed by atoms with van der Waals surface area (Å²) in [5, 5.41) is 3.89. The molecule has 1 aromatic rings. The molecular formula is C23H30N2S. The molecule has 4 rings (SSSR count). The van der Waals surface area contributed by atoms with Crippen molar-refractivity contribution in [2.75, 3.05) is 23.7 Å². The summed E-state index contributed by atoms with van der Waals surface area (Å²) in [4.78, 5) is 4.18. The zero-order chi connectivity index (χ0) is 18.0. The maximum absolute atomic E-state index is 3.89. The van der Waals surface area contributed by atoms with Gasteiger partial charge in [0.15, 0.2) is 0 Å². The molecule has 3 heteroatoms. The number of rotatable bonds is 5. The van der Waals surface area contributed by atoms with Gasteiger partial charge in [-0.2, -0.15) is 0 Å². The van der Waals surface area contributed by atoms with Crippen LogP contribution in [0.4, 0.5) is 5.69 Å². The topological polar surface area (TPSA) is 15.3 Å². The molecule has 3 aliphatic rings. The van der Waals surface area contributed by atoms with Crippen LogP contribution in [0.5, 0.6) is 0 Å². The van der Waals surface area contributed by atoms with Crippen LogP contribution in [0, 0.1) is 5.41 Å². The monoisotopic (exact) mass is 366 g/mol. The number of nitrogens with zero attached hydrogens (tertiary/aromatic N) is 1. The molecule has 0 saturated carbocycles. The Labute approximate surface area is 162 Å². The van der Waals surface area contributed by atoms with Gasteiger partial charge in [-0.05, 0) is 35.5 Å². The Kier molecular flexibility index (Phi) is 4.92. The van der Waals surface area contributed by atoms with Gasteiger partial charge in [0.1, 0.15) is 0 Å². The number of hydrogen-bond donors (Lipinski definition) is 1. The minimum Gasteiger partial charge on any atom is -0.384 e. The van der Waals surface area contributed by atoms with E-state index in [-0.39, 0.29) is 11.0 Å². The Hall–Kier alpha value is -1.61. The molecule has 0 amide bonds. The van der Waals surface area contributed by atoms with E-state index in [1.807, 2.05) is 0 Å². The van der Waals surface area contributed by atoms with Crippen LogP contribution >= 0.6 is 11.8 Å². The lowest BCUT2D eigenvalue weighted by atomic mass is 9.62. The van der Waals surface area contributed by atoms with Crippen LogP contribution in [0.3, 0.4) is 0 Å². The molecule has 0 aromatic heterocycles. The summed E-state index contributed by atoms with van der Waals surface area (Å²) in [5.41, 5.74) is 3.02. The first-order chi connectivity index (χ1) is 12.8. The molecule has 2 heterocycles. The molecule has 1 saturated heterocycles. The number of para-hydroxylation sites is 1. The van der Waals surface area contributed by atoms with Crippen molar-refractivity contribution in [3.05, 3.63) is 65.2 Å². The van der Waals surface area contributed by atoms with Gasteiger partial charge < -0.3 is 10.2 Å². The van der Waals surface area contributed by atoms with Crippen molar-refractivity contribution in [2.24, 2.45) is 5.41 Å². The molecule has 1 N–H and O–H groups in total. The van der Waals surface area contributed by atoms with E-state index < -0.39 is 0 Å². The van der Waals surface area contributed by atoms with Crippen molar-refractivity contribution < 1.29 is 0 Å². The van der Waals surface area contributed by atoms with E-state index in [9.17, 15) is 0 Å². The predicted octanol–water partition coefficient (Wildman–Crippen LogP) is 5.51. The lowest BCUT2D eigenvalue weighted by molar-refractivity contribution is 0.186. The number of hydrogen-bond acceptors (Lipinski definition) is 3. The Balaban J connectivity index is 1.80. The van der Waals surface area contributed by atoms with Crippen molar-refractivity contribution in [3.63, 3.8) is 0 Å². The number of allylic oxidation sites excluding steroid dienone is 3. The SMILES string of the molecule is CCCC[C@]1(CC)NC=C2C=CC=C3SCCN(c4ccccc4)C[C@]231. The third kappa shape index (κ3) is 2.63. The molecule has 0 bridgehead atoms. The fraction of sp³-hybridized carbons (Fsp3) is 0.478. The maximum atomic E-state index is 3.89. The largest absolute Gasteiger partial charge is 0.384 e. The maximum Gasteiger partial charge on any atom is 0.0679 e. The van der Waals surface area contributed by atoms with Gasteiger partial charge in [-0.1, -0.05) is 63.1 Å². The first kappa shape index (κ1) is 17.8. The van der Waals surface area contributed by atoms with E-state index in [2.05, 4.69) is 90.6 Å². The standard InChI is InChI=1S/C23H30N2S/c1-3-5-14-22(4-2)23-18-25(20-11-7-6-8-12-20)15-16-26-21(23)13-9-10-19(23)17-24-22/h6-13,17,24H,3-5,14-16,18H2,1-2H3/t22-,23-/m0/s1. The molecule has 1 spiro atoms. The van der Waals surface area contributed by atoms with Crippen LogP contribution in [0.25, 0.3) is 0 Å². The summed E-state index contributed by atoms with van der Waals surface area (Å²) in [6.07, 6.45) is 14.2. The summed E-state index contributed by atoms with van der Waals surface area (Å²) >= 11 is 2.07. The first-order valence-electron chi connectivity index (χ1n) is 10.1. The van der Waals surface area contributed by atoms with Crippen molar-refractivity contribution in [1.29, 1.82) is 0 Å². The Morgan fingerprint density at radius 2 is 2.04 bits per heavy atom. The zero-order valence-corrected chi connectivity index (χ0v) is 16.8. The number of unbranched alkanes of at least 4 members (excludes halogenated alkanes) is 1. The van der Waals surface area contributed by atoms with Gasteiger partial charge in [0.25, 0.3) is 0 Å². The third-order valence-corrected chi connectivity index (χ3v) is 7.67. The smallest absolute Gasteiger partial charge is 0.0679 e. The highest BCUT2D eigenvalue weighted by atomic mass is 32.2. The molecule has 1 aromatic carbocycles. The summed E-state index contributed by atoms with van der Waals surface area (Å²) in [6.45, 7) is 6.84. The first-order valence-corrected chi connectivity index (χ1v) is 11.0. The number of benzene rings is 1. The van der Waals surface area contributed by atoms with Crippen molar-refractivity contribution in [3.8, 4) is 0 Å². The molecule has 2 atom stereocenters. The van der Waals surface area contributed by atoms with Crippen LogP contribution in [0.1, 0.15) is 39.5 Å². The summed E-state index contributed by atoms with van der Waals surface area (Å²) in [6, 6.07) is 11.0. The van der Waals surface area contributed by atoms with Crippen LogP contribution < -0.4 is 10.2 Å². The van der Waals surface area contributed by atoms with Crippen LogP contribution in [-0.2, 0) is 0 Å². The van der Waals surface area contributed by atoms with Gasteiger partial charge in [0.05, 0.1) is 11.0 Å². The number of nitrogens with one attached hydrogen (secondary N) is 1. The van der Waals surface area contributed by atoms with Crippen molar-refractivity contribution >= 4 is 17.4 Å². The fourth-order valence-electron chi connectivity index (χ4n) is 5.02. The molecule has 1 aliphatic carbocycles. The van der Waals surface area contributed by atoms with Gasteiger partial charge >= 0.3 is 0 Å². The highest BCUT2D eigenvalue weighted by Gasteiger charge is 2.58. The van der Waals surface area contributed by atoms with Crippen LogP contribution in [-0.4, -0.2) is 24.4 Å².